The first-order chi connectivity index (χ1) is 9.28. The molecule has 3 nitrogen and oxygen atoms in total. The van der Waals surface area contributed by atoms with E-state index in [0.29, 0.717) is 12.2 Å². The largest absolute Gasteiger partial charge is 0.427 e. The monoisotopic (exact) mass is 253 g/mol. The van der Waals surface area contributed by atoms with E-state index in [0.717, 1.165) is 11.1 Å². The topological polar surface area (TPSA) is 39.2 Å². The highest BCUT2D eigenvalue weighted by Gasteiger charge is 2.00. The number of ether oxygens (including phenoxy) is 1. The molecule has 0 amide bonds. The molecule has 0 bridgehead atoms. The molecule has 2 rings (SSSR count). The van der Waals surface area contributed by atoms with Gasteiger partial charge in [0.25, 0.3) is 0 Å². The van der Waals surface area contributed by atoms with E-state index in [1.165, 1.54) is 0 Å². The zero-order valence-electron chi connectivity index (χ0n) is 10.7. The molecule has 0 unspecified atom stereocenters. The molecule has 2 aromatic rings. The number of hydrogen-bond acceptors (Lipinski definition) is 3. The average Bonchev–Trinajstić information content (AvgIpc) is 2.47. The average molecular weight is 253 g/mol. The van der Waals surface area contributed by atoms with Crippen LogP contribution in [0.15, 0.2) is 48.8 Å². The van der Waals surface area contributed by atoms with Crippen LogP contribution in [0.3, 0.4) is 0 Å². The molecule has 0 spiro atoms. The van der Waals surface area contributed by atoms with Crippen molar-refractivity contribution in [1.29, 1.82) is 0 Å². The molecule has 0 fully saturated rings. The summed E-state index contributed by atoms with van der Waals surface area (Å²) in [6.45, 7) is 1.77. The molecule has 0 atom stereocenters. The van der Waals surface area contributed by atoms with E-state index in [9.17, 15) is 4.79 Å². The van der Waals surface area contributed by atoms with E-state index in [2.05, 4.69) is 4.98 Å². The zero-order chi connectivity index (χ0) is 13.5. The molecule has 3 heteroatoms. The minimum atomic E-state index is -0.222. The Hall–Kier alpha value is -2.42. The summed E-state index contributed by atoms with van der Waals surface area (Å²) in [6.07, 6.45) is 7.90. The van der Waals surface area contributed by atoms with Crippen LogP contribution in [0.5, 0.6) is 5.75 Å². The lowest BCUT2D eigenvalue weighted by Gasteiger charge is -2.02. The number of rotatable bonds is 4. The van der Waals surface area contributed by atoms with Crippen molar-refractivity contribution in [3.63, 3.8) is 0 Å². The number of carbonyl (C=O) groups is 1. The summed E-state index contributed by atoms with van der Waals surface area (Å²) < 4.78 is 5.11. The van der Waals surface area contributed by atoms with Crippen molar-refractivity contribution in [1.82, 2.24) is 4.98 Å². The SMILES string of the molecule is CCC(=O)Oc1ccc(/C=C/c2ccncc2)cc1. The summed E-state index contributed by atoms with van der Waals surface area (Å²) in [6, 6.07) is 11.3. The van der Waals surface area contributed by atoms with Gasteiger partial charge in [0, 0.05) is 18.8 Å². The van der Waals surface area contributed by atoms with Crippen LogP contribution in [0, 0.1) is 0 Å². The normalized spacial score (nSPS) is 10.6. The summed E-state index contributed by atoms with van der Waals surface area (Å²) in [5, 5.41) is 0. The summed E-state index contributed by atoms with van der Waals surface area (Å²) in [4.78, 5) is 15.1. The smallest absolute Gasteiger partial charge is 0.310 e. The molecular formula is C16H15NO2. The lowest BCUT2D eigenvalue weighted by atomic mass is 10.1. The molecule has 19 heavy (non-hydrogen) atoms. The Morgan fingerprint density at radius 2 is 1.63 bits per heavy atom. The van der Waals surface area contributed by atoms with Crippen molar-refractivity contribution < 1.29 is 9.53 Å². The highest BCUT2D eigenvalue weighted by atomic mass is 16.5. The molecule has 0 saturated carbocycles. The fraction of sp³-hybridized carbons (Fsp3) is 0.125. The summed E-state index contributed by atoms with van der Waals surface area (Å²) in [5.74, 6) is 0.355. The van der Waals surface area contributed by atoms with E-state index in [1.807, 2.05) is 36.4 Å². The van der Waals surface area contributed by atoms with Crippen molar-refractivity contribution in [3.8, 4) is 5.75 Å². The number of pyridine rings is 1. The molecule has 1 aromatic heterocycles. The Morgan fingerprint density at radius 3 is 2.21 bits per heavy atom. The van der Waals surface area contributed by atoms with Gasteiger partial charge in [-0.25, -0.2) is 0 Å². The molecule has 1 aromatic carbocycles. The fourth-order valence-corrected chi connectivity index (χ4v) is 1.52. The van der Waals surface area contributed by atoms with Crippen LogP contribution >= 0.6 is 0 Å². The third-order valence-corrected chi connectivity index (χ3v) is 2.57. The third-order valence-electron chi connectivity index (χ3n) is 2.57. The summed E-state index contributed by atoms with van der Waals surface area (Å²) >= 11 is 0. The van der Waals surface area contributed by atoms with Crippen LogP contribution in [0.2, 0.25) is 0 Å². The molecule has 0 radical (unpaired) electrons. The summed E-state index contributed by atoms with van der Waals surface area (Å²) in [5.41, 5.74) is 2.14. The first-order valence-corrected chi connectivity index (χ1v) is 6.17. The molecule has 0 aliphatic carbocycles. The Bertz CT molecular complexity index is 559. The van der Waals surface area contributed by atoms with Gasteiger partial charge < -0.3 is 4.74 Å². The van der Waals surface area contributed by atoms with Gasteiger partial charge in [-0.3, -0.25) is 9.78 Å². The molecule has 0 aliphatic heterocycles. The number of aromatic nitrogens is 1. The minimum Gasteiger partial charge on any atom is -0.427 e. The van der Waals surface area contributed by atoms with Crippen molar-refractivity contribution in [2.45, 2.75) is 13.3 Å². The van der Waals surface area contributed by atoms with Crippen LogP contribution in [0.4, 0.5) is 0 Å². The van der Waals surface area contributed by atoms with Gasteiger partial charge >= 0.3 is 5.97 Å². The maximum atomic E-state index is 11.1. The van der Waals surface area contributed by atoms with Gasteiger partial charge in [0.05, 0.1) is 0 Å². The van der Waals surface area contributed by atoms with Crippen molar-refractivity contribution in [2.24, 2.45) is 0 Å². The van der Waals surface area contributed by atoms with E-state index >= 15 is 0 Å². The first-order valence-electron chi connectivity index (χ1n) is 6.17. The molecular weight excluding hydrogens is 238 g/mol. The number of hydrogen-bond donors (Lipinski definition) is 0. The fourth-order valence-electron chi connectivity index (χ4n) is 1.52. The Balaban J connectivity index is 2.03. The van der Waals surface area contributed by atoms with Gasteiger partial charge in [-0.05, 0) is 35.4 Å². The van der Waals surface area contributed by atoms with E-state index < -0.39 is 0 Å². The van der Waals surface area contributed by atoms with Gasteiger partial charge in [-0.1, -0.05) is 31.2 Å². The second-order valence-electron chi connectivity index (χ2n) is 4.01. The number of carbonyl (C=O) groups excluding carboxylic acids is 1. The van der Waals surface area contributed by atoms with Crippen molar-refractivity contribution in [2.75, 3.05) is 0 Å². The Kier molecular flexibility index (Phi) is 4.45. The van der Waals surface area contributed by atoms with E-state index in [1.54, 1.807) is 31.5 Å². The maximum absolute atomic E-state index is 11.1. The molecule has 0 saturated heterocycles. The number of esters is 1. The molecule has 1 heterocycles. The van der Waals surface area contributed by atoms with E-state index in [-0.39, 0.29) is 5.97 Å². The van der Waals surface area contributed by atoms with Crippen LogP contribution in [0.25, 0.3) is 12.2 Å². The third kappa shape index (κ3) is 4.07. The first kappa shape index (κ1) is 13.0. The van der Waals surface area contributed by atoms with Crippen LogP contribution in [0.1, 0.15) is 24.5 Å². The molecule has 0 N–H and O–H groups in total. The quantitative estimate of drug-likeness (QED) is 0.617. The van der Waals surface area contributed by atoms with Gasteiger partial charge in [-0.15, -0.1) is 0 Å². The van der Waals surface area contributed by atoms with Crippen molar-refractivity contribution in [3.05, 3.63) is 59.9 Å². The lowest BCUT2D eigenvalue weighted by molar-refractivity contribution is -0.134. The van der Waals surface area contributed by atoms with Gasteiger partial charge in [0.1, 0.15) is 5.75 Å². The van der Waals surface area contributed by atoms with Gasteiger partial charge in [-0.2, -0.15) is 0 Å². The van der Waals surface area contributed by atoms with Gasteiger partial charge in [0.2, 0.25) is 0 Å². The molecule has 0 aliphatic rings. The number of nitrogens with zero attached hydrogens (tertiary/aromatic N) is 1. The zero-order valence-corrected chi connectivity index (χ0v) is 10.7. The predicted molar refractivity (Wildman–Crippen MR) is 75.5 cm³/mol. The van der Waals surface area contributed by atoms with Crippen LogP contribution in [-0.2, 0) is 4.79 Å². The van der Waals surface area contributed by atoms with E-state index in [4.69, 9.17) is 4.74 Å². The standard InChI is InChI=1S/C16H15NO2/c1-2-16(18)19-15-7-5-13(6-8-15)3-4-14-9-11-17-12-10-14/h3-12H,2H2,1H3/b4-3+. The Labute approximate surface area is 112 Å². The summed E-state index contributed by atoms with van der Waals surface area (Å²) in [7, 11) is 0. The van der Waals surface area contributed by atoms with Gasteiger partial charge in [0.15, 0.2) is 0 Å². The molecule has 96 valence electrons. The number of benzene rings is 1. The second kappa shape index (κ2) is 6.50. The second-order valence-corrected chi connectivity index (χ2v) is 4.01. The lowest BCUT2D eigenvalue weighted by Crippen LogP contribution is -2.05. The van der Waals surface area contributed by atoms with Crippen molar-refractivity contribution >= 4 is 18.1 Å². The van der Waals surface area contributed by atoms with Crippen LogP contribution in [-0.4, -0.2) is 11.0 Å². The predicted octanol–water partition coefficient (Wildman–Crippen LogP) is 3.57. The maximum Gasteiger partial charge on any atom is 0.310 e. The highest BCUT2D eigenvalue weighted by Crippen LogP contribution is 2.15. The highest BCUT2D eigenvalue weighted by molar-refractivity contribution is 5.73. The van der Waals surface area contributed by atoms with Crippen LogP contribution < -0.4 is 4.74 Å². The Morgan fingerprint density at radius 1 is 1.05 bits per heavy atom. The minimum absolute atomic E-state index is 0.222.